The molecular weight excluding hydrogens is 382 g/mol. The molecule has 3 N–H and O–H groups in total. The second kappa shape index (κ2) is 8.84. The van der Waals surface area contributed by atoms with Crippen LogP contribution in [0, 0.1) is 0 Å². The van der Waals surface area contributed by atoms with Gasteiger partial charge in [0, 0.05) is 23.8 Å². The van der Waals surface area contributed by atoms with E-state index in [9.17, 15) is 0 Å². The van der Waals surface area contributed by atoms with Crippen LogP contribution in [-0.2, 0) is 24.1 Å². The Labute approximate surface area is 177 Å². The highest BCUT2D eigenvalue weighted by atomic mass is 32.1. The molecule has 0 unspecified atom stereocenters. The number of nitrogens with zero attached hydrogens (tertiary/aromatic N) is 2. The van der Waals surface area contributed by atoms with Gasteiger partial charge in [-0.15, -0.1) is 11.3 Å². The second-order valence-corrected chi connectivity index (χ2v) is 10.1. The van der Waals surface area contributed by atoms with Crippen molar-refractivity contribution >= 4 is 27.4 Å². The summed E-state index contributed by atoms with van der Waals surface area (Å²) in [5.41, 5.74) is 1.53. The van der Waals surface area contributed by atoms with Gasteiger partial charge in [0.05, 0.1) is 38.2 Å². The monoisotopic (exact) mass is 417 g/mol. The largest absolute Gasteiger partial charge is 0.370 e. The highest BCUT2D eigenvalue weighted by Gasteiger charge is 2.27. The van der Waals surface area contributed by atoms with Gasteiger partial charge >= 0.3 is 0 Å². The molecule has 0 saturated carbocycles. The average Bonchev–Trinajstić information content (AvgIpc) is 3.31. The Hall–Kier alpha value is -1.28. The van der Waals surface area contributed by atoms with Crippen molar-refractivity contribution in [1.29, 1.82) is 0 Å². The minimum Gasteiger partial charge on any atom is -0.370 e. The van der Waals surface area contributed by atoms with Gasteiger partial charge in [-0.05, 0) is 31.2 Å². The Morgan fingerprint density at radius 3 is 2.69 bits per heavy atom. The van der Waals surface area contributed by atoms with E-state index in [1.807, 2.05) is 11.3 Å². The summed E-state index contributed by atoms with van der Waals surface area (Å²) >= 11 is 1.92. The number of hydrogen-bond acceptors (Lipinski definition) is 5. The first-order valence-corrected chi connectivity index (χ1v) is 12.4. The molecule has 5 rings (SSSR count). The van der Waals surface area contributed by atoms with Gasteiger partial charge in [-0.2, -0.15) is 0 Å². The number of aryl methyl sites for hydroxylation is 2. The van der Waals surface area contributed by atoms with Crippen molar-refractivity contribution in [3.8, 4) is 0 Å². The van der Waals surface area contributed by atoms with Gasteiger partial charge in [-0.3, -0.25) is 0 Å². The third-order valence-corrected chi connectivity index (χ3v) is 8.04. The molecular formula is C22H35N5OS+2. The molecule has 0 radical (unpaired) electrons. The number of morpholine rings is 1. The molecule has 29 heavy (non-hydrogen) atoms. The Morgan fingerprint density at radius 1 is 1.07 bits per heavy atom. The van der Waals surface area contributed by atoms with E-state index in [2.05, 4.69) is 12.2 Å². The van der Waals surface area contributed by atoms with Gasteiger partial charge in [0.1, 0.15) is 30.3 Å². The molecule has 158 valence electrons. The van der Waals surface area contributed by atoms with E-state index >= 15 is 0 Å². The fourth-order valence-electron chi connectivity index (χ4n) is 5.25. The molecule has 2 fully saturated rings. The lowest BCUT2D eigenvalue weighted by molar-refractivity contribution is -0.922. The lowest BCUT2D eigenvalue weighted by Gasteiger charge is -2.30. The number of quaternary nitrogens is 2. The maximum atomic E-state index is 5.53. The molecule has 7 heteroatoms. The highest BCUT2D eigenvalue weighted by Crippen LogP contribution is 2.39. The van der Waals surface area contributed by atoms with E-state index in [-0.39, 0.29) is 0 Å². The normalized spacial score (nSPS) is 25.4. The molecule has 2 aromatic rings. The van der Waals surface area contributed by atoms with Gasteiger partial charge < -0.3 is 19.9 Å². The first-order chi connectivity index (χ1) is 14.3. The summed E-state index contributed by atoms with van der Waals surface area (Å²) in [7, 11) is 0. The minimum absolute atomic E-state index is 0.550. The van der Waals surface area contributed by atoms with Crippen molar-refractivity contribution < 1.29 is 14.5 Å². The fraction of sp³-hybridized carbons (Fsp3) is 0.727. The predicted molar refractivity (Wildman–Crippen MR) is 117 cm³/mol. The van der Waals surface area contributed by atoms with Gasteiger partial charge in [0.25, 0.3) is 0 Å². The molecule has 2 aromatic heterocycles. The van der Waals surface area contributed by atoms with E-state index in [4.69, 9.17) is 14.7 Å². The molecule has 4 heterocycles. The number of rotatable bonds is 6. The zero-order chi connectivity index (χ0) is 19.6. The number of anilines is 1. The van der Waals surface area contributed by atoms with Crippen molar-refractivity contribution in [3.63, 3.8) is 0 Å². The fourth-order valence-corrected chi connectivity index (χ4v) is 6.53. The maximum Gasteiger partial charge on any atom is 0.187 e. The average molecular weight is 418 g/mol. The van der Waals surface area contributed by atoms with Crippen LogP contribution in [0.5, 0.6) is 0 Å². The number of piperidine rings is 1. The smallest absolute Gasteiger partial charge is 0.187 e. The third-order valence-electron chi connectivity index (χ3n) is 6.86. The molecule has 1 aliphatic carbocycles. The number of thiophene rings is 1. The van der Waals surface area contributed by atoms with E-state index in [0.717, 1.165) is 44.5 Å². The number of ether oxygens (including phenoxy) is 1. The van der Waals surface area contributed by atoms with Gasteiger partial charge in [-0.1, -0.05) is 6.92 Å². The second-order valence-electron chi connectivity index (χ2n) is 8.98. The van der Waals surface area contributed by atoms with E-state index in [1.165, 1.54) is 73.9 Å². The summed E-state index contributed by atoms with van der Waals surface area (Å²) in [4.78, 5) is 16.2. The summed E-state index contributed by atoms with van der Waals surface area (Å²) in [6.07, 6.45) is 7.48. The zero-order valence-corrected chi connectivity index (χ0v) is 18.5. The van der Waals surface area contributed by atoms with E-state index in [0.29, 0.717) is 6.04 Å². The summed E-state index contributed by atoms with van der Waals surface area (Å²) in [5.74, 6) is 2.13. The Morgan fingerprint density at radius 2 is 1.90 bits per heavy atom. The van der Waals surface area contributed by atoms with Crippen molar-refractivity contribution in [2.45, 2.75) is 58.0 Å². The topological polar surface area (TPSA) is 55.9 Å². The number of fused-ring (bicyclic) bond motifs is 3. The standard InChI is InChI=1S/C22H33N5OS/c1-2-8-26-9-6-16(7-10-26)23-21-20-17-4-3-5-18(17)29-22(20)25-19(24-21)15-27-11-13-28-14-12-27/h16H,2-15H2,1H3,(H,23,24,25)/p+2. The molecule has 2 saturated heterocycles. The van der Waals surface area contributed by atoms with Crippen LogP contribution in [0.1, 0.15) is 48.9 Å². The van der Waals surface area contributed by atoms with Crippen LogP contribution in [0.4, 0.5) is 5.82 Å². The molecule has 3 aliphatic rings. The molecule has 0 amide bonds. The predicted octanol–water partition coefficient (Wildman–Crippen LogP) is 0.464. The highest BCUT2D eigenvalue weighted by molar-refractivity contribution is 7.19. The molecule has 0 spiro atoms. The van der Waals surface area contributed by atoms with Crippen LogP contribution >= 0.6 is 11.3 Å². The van der Waals surface area contributed by atoms with Gasteiger partial charge in [0.2, 0.25) is 0 Å². The third kappa shape index (κ3) is 4.29. The summed E-state index contributed by atoms with van der Waals surface area (Å²) < 4.78 is 5.53. The maximum absolute atomic E-state index is 5.53. The lowest BCUT2D eigenvalue weighted by Crippen LogP contribution is -3.13. The van der Waals surface area contributed by atoms with Crippen LogP contribution in [0.2, 0.25) is 0 Å². The van der Waals surface area contributed by atoms with Crippen LogP contribution in [0.15, 0.2) is 0 Å². The molecule has 2 aliphatic heterocycles. The molecule has 0 aromatic carbocycles. The van der Waals surface area contributed by atoms with Crippen molar-refractivity contribution in [3.05, 3.63) is 16.3 Å². The first kappa shape index (κ1) is 19.7. The Bertz CT molecular complexity index is 839. The van der Waals surface area contributed by atoms with Crippen molar-refractivity contribution in [2.24, 2.45) is 0 Å². The zero-order valence-electron chi connectivity index (χ0n) is 17.7. The molecule has 0 atom stereocenters. The molecule has 6 nitrogen and oxygen atoms in total. The van der Waals surface area contributed by atoms with Gasteiger partial charge in [0.15, 0.2) is 5.82 Å². The Kier molecular flexibility index (Phi) is 5.99. The first-order valence-electron chi connectivity index (χ1n) is 11.6. The van der Waals surface area contributed by atoms with E-state index in [1.54, 1.807) is 14.7 Å². The summed E-state index contributed by atoms with van der Waals surface area (Å²) in [6.45, 7) is 10.9. The van der Waals surface area contributed by atoms with Crippen LogP contribution in [-0.4, -0.2) is 61.9 Å². The SMILES string of the molecule is CCC[NH+]1CCC(Nc2nc(C[NH+]3CCOCC3)nc3sc4c(c23)CCC4)CC1. The summed E-state index contributed by atoms with van der Waals surface area (Å²) in [5, 5.41) is 5.23. The minimum atomic E-state index is 0.550. The Balaban J connectivity index is 1.39. The number of nitrogens with one attached hydrogen (secondary N) is 3. The number of hydrogen-bond donors (Lipinski definition) is 3. The van der Waals surface area contributed by atoms with E-state index < -0.39 is 0 Å². The van der Waals surface area contributed by atoms with Crippen LogP contribution in [0.25, 0.3) is 10.2 Å². The van der Waals surface area contributed by atoms with Crippen LogP contribution in [0.3, 0.4) is 0 Å². The number of aromatic nitrogens is 2. The van der Waals surface area contributed by atoms with Gasteiger partial charge in [-0.25, -0.2) is 9.97 Å². The lowest BCUT2D eigenvalue weighted by atomic mass is 10.0. The molecule has 0 bridgehead atoms. The quantitative estimate of drug-likeness (QED) is 0.639. The van der Waals surface area contributed by atoms with Crippen molar-refractivity contribution in [1.82, 2.24) is 9.97 Å². The van der Waals surface area contributed by atoms with Crippen LogP contribution < -0.4 is 15.1 Å². The number of likely N-dealkylation sites (tertiary alicyclic amines) is 1. The summed E-state index contributed by atoms with van der Waals surface area (Å²) in [6, 6.07) is 0.550. The van der Waals surface area contributed by atoms with Crippen molar-refractivity contribution in [2.75, 3.05) is 51.3 Å².